The lowest BCUT2D eigenvalue weighted by Gasteiger charge is -2.11. The van der Waals surface area contributed by atoms with Gasteiger partial charge in [0.15, 0.2) is 0 Å². The molecule has 0 amide bonds. The number of Topliss-reactive ketones (excluding diaryl/α,β-unsaturated/α-hetero) is 1. The summed E-state index contributed by atoms with van der Waals surface area (Å²) in [5.41, 5.74) is 0.891. The molecule has 0 saturated heterocycles. The number of hydrogen-bond acceptors (Lipinski definition) is 2. The van der Waals surface area contributed by atoms with Crippen LogP contribution in [0.1, 0.15) is 45.2 Å². The molecule has 3 nitrogen and oxygen atoms in total. The number of rotatable bonds is 7. The number of aryl methyl sites for hydroxylation is 1. The van der Waals surface area contributed by atoms with Crippen LogP contribution >= 0.6 is 0 Å². The molecule has 0 aliphatic carbocycles. The van der Waals surface area contributed by atoms with Crippen LogP contribution in [-0.4, -0.2) is 15.6 Å². The summed E-state index contributed by atoms with van der Waals surface area (Å²) in [6, 6.07) is 1.92. The fourth-order valence-electron chi connectivity index (χ4n) is 1.92. The van der Waals surface area contributed by atoms with Gasteiger partial charge in [0.2, 0.25) is 0 Å². The van der Waals surface area contributed by atoms with Gasteiger partial charge in [0, 0.05) is 19.2 Å². The van der Waals surface area contributed by atoms with E-state index in [0.29, 0.717) is 12.2 Å². The van der Waals surface area contributed by atoms with E-state index in [1.165, 1.54) is 0 Å². The average Bonchev–Trinajstić information content (AvgIpc) is 2.65. The van der Waals surface area contributed by atoms with Crippen molar-refractivity contribution < 1.29 is 4.79 Å². The highest BCUT2D eigenvalue weighted by atomic mass is 16.1. The van der Waals surface area contributed by atoms with E-state index in [0.717, 1.165) is 31.4 Å². The molecule has 0 bridgehead atoms. The molecule has 16 heavy (non-hydrogen) atoms. The molecule has 1 unspecified atom stereocenters. The van der Waals surface area contributed by atoms with Crippen molar-refractivity contribution in [2.24, 2.45) is 13.0 Å². The maximum atomic E-state index is 12.0. The molecular weight excluding hydrogens is 200 g/mol. The van der Waals surface area contributed by atoms with Crippen LogP contribution in [0, 0.1) is 5.92 Å². The van der Waals surface area contributed by atoms with Crippen molar-refractivity contribution in [3.8, 4) is 0 Å². The van der Waals surface area contributed by atoms with Crippen molar-refractivity contribution in [2.75, 3.05) is 0 Å². The lowest BCUT2D eigenvalue weighted by Crippen LogP contribution is -2.16. The first kappa shape index (κ1) is 12.9. The van der Waals surface area contributed by atoms with Crippen LogP contribution in [0.15, 0.2) is 12.3 Å². The SMILES string of the molecule is CCCCC(CC)C(=O)Cc1ccn(C)n1. The Morgan fingerprint density at radius 3 is 2.75 bits per heavy atom. The lowest BCUT2D eigenvalue weighted by molar-refractivity contribution is -0.122. The second kappa shape index (κ2) is 6.46. The largest absolute Gasteiger partial charge is 0.299 e. The van der Waals surface area contributed by atoms with Crippen molar-refractivity contribution in [3.05, 3.63) is 18.0 Å². The van der Waals surface area contributed by atoms with E-state index in [9.17, 15) is 4.79 Å². The molecule has 0 saturated carbocycles. The Morgan fingerprint density at radius 2 is 2.25 bits per heavy atom. The van der Waals surface area contributed by atoms with Gasteiger partial charge >= 0.3 is 0 Å². The molecular formula is C13H22N2O. The third-order valence-electron chi connectivity index (χ3n) is 2.98. The molecule has 1 aromatic heterocycles. The molecule has 1 atom stereocenters. The highest BCUT2D eigenvalue weighted by molar-refractivity contribution is 5.82. The molecule has 0 spiro atoms. The maximum Gasteiger partial charge on any atom is 0.141 e. The Kier molecular flexibility index (Phi) is 5.23. The van der Waals surface area contributed by atoms with Gasteiger partial charge < -0.3 is 0 Å². The fraction of sp³-hybridized carbons (Fsp3) is 0.692. The third-order valence-corrected chi connectivity index (χ3v) is 2.98. The van der Waals surface area contributed by atoms with Crippen molar-refractivity contribution in [2.45, 2.75) is 46.0 Å². The standard InChI is InChI=1S/C13H22N2O/c1-4-6-7-11(5-2)13(16)10-12-8-9-15(3)14-12/h8-9,11H,4-7,10H2,1-3H3. The van der Waals surface area contributed by atoms with E-state index in [4.69, 9.17) is 0 Å². The zero-order valence-corrected chi connectivity index (χ0v) is 10.6. The van der Waals surface area contributed by atoms with Crippen LogP contribution < -0.4 is 0 Å². The summed E-state index contributed by atoms with van der Waals surface area (Å²) in [6.07, 6.45) is 6.66. The van der Waals surface area contributed by atoms with Crippen LogP contribution in [0.2, 0.25) is 0 Å². The van der Waals surface area contributed by atoms with Crippen LogP contribution in [0.25, 0.3) is 0 Å². The van der Waals surface area contributed by atoms with E-state index in [1.807, 2.05) is 19.3 Å². The lowest BCUT2D eigenvalue weighted by atomic mass is 9.92. The average molecular weight is 222 g/mol. The van der Waals surface area contributed by atoms with E-state index < -0.39 is 0 Å². The number of aromatic nitrogens is 2. The Bertz CT molecular complexity index is 330. The van der Waals surface area contributed by atoms with Gasteiger partial charge in [0.1, 0.15) is 5.78 Å². The summed E-state index contributed by atoms with van der Waals surface area (Å²) < 4.78 is 1.75. The Morgan fingerprint density at radius 1 is 1.50 bits per heavy atom. The number of nitrogens with zero attached hydrogens (tertiary/aromatic N) is 2. The van der Waals surface area contributed by atoms with E-state index in [2.05, 4.69) is 18.9 Å². The highest BCUT2D eigenvalue weighted by Crippen LogP contribution is 2.15. The van der Waals surface area contributed by atoms with E-state index in [1.54, 1.807) is 4.68 Å². The predicted octanol–water partition coefficient (Wildman–Crippen LogP) is 2.75. The van der Waals surface area contributed by atoms with Gasteiger partial charge in [-0.3, -0.25) is 9.48 Å². The van der Waals surface area contributed by atoms with Crippen molar-refractivity contribution in [3.63, 3.8) is 0 Å². The molecule has 0 fully saturated rings. The molecule has 90 valence electrons. The first-order valence-corrected chi connectivity index (χ1v) is 6.18. The van der Waals surface area contributed by atoms with Gasteiger partial charge in [-0.15, -0.1) is 0 Å². The normalized spacial score (nSPS) is 12.7. The van der Waals surface area contributed by atoms with Crippen molar-refractivity contribution in [1.82, 2.24) is 9.78 Å². The smallest absolute Gasteiger partial charge is 0.141 e. The summed E-state index contributed by atoms with van der Waals surface area (Å²) in [5.74, 6) is 0.566. The number of hydrogen-bond donors (Lipinski definition) is 0. The van der Waals surface area contributed by atoms with Gasteiger partial charge in [-0.25, -0.2) is 0 Å². The molecule has 0 radical (unpaired) electrons. The van der Waals surface area contributed by atoms with Crippen molar-refractivity contribution >= 4 is 5.78 Å². The zero-order valence-electron chi connectivity index (χ0n) is 10.6. The molecule has 1 aromatic rings. The summed E-state index contributed by atoms with van der Waals surface area (Å²) in [4.78, 5) is 12.0. The van der Waals surface area contributed by atoms with Gasteiger partial charge in [0.05, 0.1) is 12.1 Å². The Balaban J connectivity index is 2.49. The Labute approximate surface area is 97.8 Å². The summed E-state index contributed by atoms with van der Waals surface area (Å²) in [6.45, 7) is 4.26. The number of carbonyl (C=O) groups excluding carboxylic acids is 1. The zero-order chi connectivity index (χ0) is 12.0. The molecule has 0 N–H and O–H groups in total. The summed E-state index contributed by atoms with van der Waals surface area (Å²) in [5, 5.41) is 4.24. The molecule has 0 aromatic carbocycles. The number of unbranched alkanes of at least 4 members (excludes halogenated alkanes) is 1. The van der Waals surface area contributed by atoms with Gasteiger partial charge in [-0.1, -0.05) is 26.7 Å². The van der Waals surface area contributed by atoms with Crippen LogP contribution in [0.3, 0.4) is 0 Å². The second-order valence-electron chi connectivity index (χ2n) is 4.37. The quantitative estimate of drug-likeness (QED) is 0.711. The maximum absolute atomic E-state index is 12.0. The highest BCUT2D eigenvalue weighted by Gasteiger charge is 2.16. The second-order valence-corrected chi connectivity index (χ2v) is 4.37. The summed E-state index contributed by atoms with van der Waals surface area (Å²) >= 11 is 0. The van der Waals surface area contributed by atoms with Crippen LogP contribution in [0.4, 0.5) is 0 Å². The minimum atomic E-state index is 0.224. The minimum absolute atomic E-state index is 0.224. The molecule has 1 heterocycles. The fourth-order valence-corrected chi connectivity index (χ4v) is 1.92. The number of ketones is 1. The van der Waals surface area contributed by atoms with Gasteiger partial charge in [-0.2, -0.15) is 5.10 Å². The topological polar surface area (TPSA) is 34.9 Å². The van der Waals surface area contributed by atoms with Crippen LogP contribution in [0.5, 0.6) is 0 Å². The van der Waals surface area contributed by atoms with Crippen LogP contribution in [-0.2, 0) is 18.3 Å². The molecule has 0 aliphatic heterocycles. The third kappa shape index (κ3) is 3.80. The minimum Gasteiger partial charge on any atom is -0.299 e. The molecule has 0 aliphatic rings. The first-order valence-electron chi connectivity index (χ1n) is 6.18. The molecule has 1 rings (SSSR count). The monoisotopic (exact) mass is 222 g/mol. The van der Waals surface area contributed by atoms with Crippen molar-refractivity contribution in [1.29, 1.82) is 0 Å². The van der Waals surface area contributed by atoms with Gasteiger partial charge in [-0.05, 0) is 18.9 Å². The summed E-state index contributed by atoms with van der Waals surface area (Å²) in [7, 11) is 1.88. The molecule has 3 heteroatoms. The number of carbonyl (C=O) groups is 1. The predicted molar refractivity (Wildman–Crippen MR) is 65.2 cm³/mol. The Hall–Kier alpha value is -1.12. The van der Waals surface area contributed by atoms with E-state index >= 15 is 0 Å². The van der Waals surface area contributed by atoms with E-state index in [-0.39, 0.29) is 5.92 Å². The first-order chi connectivity index (χ1) is 7.67. The van der Waals surface area contributed by atoms with Gasteiger partial charge in [0.25, 0.3) is 0 Å².